The van der Waals surface area contributed by atoms with Gasteiger partial charge in [0.2, 0.25) is 0 Å². The highest BCUT2D eigenvalue weighted by molar-refractivity contribution is 7.92. The first kappa shape index (κ1) is 22.3. The molecule has 0 fully saturated rings. The van der Waals surface area contributed by atoms with E-state index in [1.54, 1.807) is 36.4 Å². The number of ether oxygens (including phenoxy) is 1. The largest absolute Gasteiger partial charge is 0.495 e. The Kier molecular flexibility index (Phi) is 6.28. The second kappa shape index (κ2) is 9.30. The molecule has 0 aliphatic heterocycles. The summed E-state index contributed by atoms with van der Waals surface area (Å²) in [5, 5.41) is 3.24. The molecule has 4 aromatic rings. The lowest BCUT2D eigenvalue weighted by atomic mass is 10.1. The van der Waals surface area contributed by atoms with Gasteiger partial charge in [-0.2, -0.15) is 0 Å². The average Bonchev–Trinajstić information content (AvgIpc) is 2.79. The van der Waals surface area contributed by atoms with Crippen LogP contribution in [0.3, 0.4) is 0 Å². The summed E-state index contributed by atoms with van der Waals surface area (Å²) in [4.78, 5) is 9.06. The van der Waals surface area contributed by atoms with E-state index in [1.165, 1.54) is 7.11 Å². The molecular formula is C25H24N4O3S. The van der Waals surface area contributed by atoms with Crippen LogP contribution in [-0.4, -0.2) is 25.5 Å². The summed E-state index contributed by atoms with van der Waals surface area (Å²) in [6.07, 6.45) is 0. The average molecular weight is 461 g/mol. The van der Waals surface area contributed by atoms with Crippen molar-refractivity contribution in [2.24, 2.45) is 0 Å². The molecule has 0 saturated carbocycles. The minimum atomic E-state index is -3.85. The maximum atomic E-state index is 13.0. The van der Waals surface area contributed by atoms with E-state index in [2.05, 4.69) is 20.0 Å². The minimum Gasteiger partial charge on any atom is -0.495 e. The maximum absolute atomic E-state index is 13.0. The van der Waals surface area contributed by atoms with Gasteiger partial charge in [-0.05, 0) is 49.7 Å². The van der Waals surface area contributed by atoms with E-state index in [0.29, 0.717) is 23.0 Å². The van der Waals surface area contributed by atoms with Crippen LogP contribution in [0.4, 0.5) is 17.2 Å². The Morgan fingerprint density at radius 2 is 1.58 bits per heavy atom. The summed E-state index contributed by atoms with van der Waals surface area (Å²) in [5.41, 5.74) is 3.70. The Morgan fingerprint density at radius 1 is 0.818 bits per heavy atom. The molecule has 3 aromatic carbocycles. The van der Waals surface area contributed by atoms with Crippen molar-refractivity contribution >= 4 is 27.2 Å². The van der Waals surface area contributed by atoms with E-state index >= 15 is 0 Å². The number of hydrogen-bond acceptors (Lipinski definition) is 6. The van der Waals surface area contributed by atoms with Gasteiger partial charge in [0.25, 0.3) is 10.0 Å². The predicted octanol–water partition coefficient (Wildman–Crippen LogP) is 5.31. The molecule has 0 spiro atoms. The maximum Gasteiger partial charge on any atom is 0.265 e. The second-order valence-electron chi connectivity index (χ2n) is 7.52. The van der Waals surface area contributed by atoms with Crippen LogP contribution in [0.25, 0.3) is 11.3 Å². The summed E-state index contributed by atoms with van der Waals surface area (Å²) < 4.78 is 33.9. The van der Waals surface area contributed by atoms with Gasteiger partial charge in [-0.3, -0.25) is 4.72 Å². The molecule has 168 valence electrons. The zero-order valence-electron chi connectivity index (χ0n) is 18.5. The third kappa shape index (κ3) is 5.30. The number of aromatic nitrogens is 2. The second-order valence-corrected chi connectivity index (χ2v) is 9.17. The number of nitrogens with zero attached hydrogens (tertiary/aromatic N) is 2. The summed E-state index contributed by atoms with van der Waals surface area (Å²) in [6, 6.07) is 23.7. The van der Waals surface area contributed by atoms with Crippen molar-refractivity contribution in [3.05, 3.63) is 90.3 Å². The highest BCUT2D eigenvalue weighted by Crippen LogP contribution is 2.28. The molecule has 0 atom stereocenters. The van der Waals surface area contributed by atoms with Crippen LogP contribution in [-0.2, 0) is 10.0 Å². The van der Waals surface area contributed by atoms with Crippen molar-refractivity contribution in [2.75, 3.05) is 17.1 Å². The van der Waals surface area contributed by atoms with Gasteiger partial charge in [0.05, 0.1) is 18.5 Å². The standard InChI is InChI=1S/C25H24N4O3S/c1-17-12-13-23(32-3)24(14-17)33(30,31)29-21-11-7-10-20(15-21)28-25-16-22(26-18(2)27-25)19-8-5-4-6-9-19/h4-16,29H,1-3H3,(H,26,27,28). The van der Waals surface area contributed by atoms with E-state index in [0.717, 1.165) is 16.8 Å². The first-order valence-electron chi connectivity index (χ1n) is 10.3. The van der Waals surface area contributed by atoms with Crippen LogP contribution in [0, 0.1) is 13.8 Å². The monoisotopic (exact) mass is 460 g/mol. The van der Waals surface area contributed by atoms with Crippen LogP contribution in [0.1, 0.15) is 11.4 Å². The van der Waals surface area contributed by atoms with E-state index in [-0.39, 0.29) is 10.6 Å². The summed E-state index contributed by atoms with van der Waals surface area (Å²) in [7, 11) is -2.40. The quantitative estimate of drug-likeness (QED) is 0.388. The van der Waals surface area contributed by atoms with Gasteiger partial charge in [0.1, 0.15) is 22.3 Å². The molecule has 4 rings (SSSR count). The normalized spacial score (nSPS) is 11.1. The van der Waals surface area contributed by atoms with Gasteiger partial charge in [-0.15, -0.1) is 0 Å². The fourth-order valence-electron chi connectivity index (χ4n) is 3.40. The molecule has 0 radical (unpaired) electrons. The Hall–Kier alpha value is -3.91. The lowest BCUT2D eigenvalue weighted by Crippen LogP contribution is -2.14. The fraction of sp³-hybridized carbons (Fsp3) is 0.120. The van der Waals surface area contributed by atoms with Crippen LogP contribution in [0.5, 0.6) is 5.75 Å². The number of methoxy groups -OCH3 is 1. The number of aryl methyl sites for hydroxylation is 2. The molecule has 1 heterocycles. The lowest BCUT2D eigenvalue weighted by molar-refractivity contribution is 0.402. The highest BCUT2D eigenvalue weighted by Gasteiger charge is 2.20. The molecule has 0 bridgehead atoms. The molecule has 8 heteroatoms. The molecule has 0 aliphatic carbocycles. The number of hydrogen-bond donors (Lipinski definition) is 2. The third-order valence-electron chi connectivity index (χ3n) is 4.90. The molecule has 0 aliphatic rings. The minimum absolute atomic E-state index is 0.0855. The Balaban J connectivity index is 1.60. The summed E-state index contributed by atoms with van der Waals surface area (Å²) >= 11 is 0. The van der Waals surface area contributed by atoms with Crippen molar-refractivity contribution < 1.29 is 13.2 Å². The van der Waals surface area contributed by atoms with E-state index in [4.69, 9.17) is 4.74 Å². The first-order chi connectivity index (χ1) is 15.8. The molecule has 1 aromatic heterocycles. The summed E-state index contributed by atoms with van der Waals surface area (Å²) in [6.45, 7) is 3.66. The van der Waals surface area contributed by atoms with E-state index < -0.39 is 10.0 Å². The number of anilines is 3. The van der Waals surface area contributed by atoms with Crippen molar-refractivity contribution in [3.63, 3.8) is 0 Å². The Bertz CT molecular complexity index is 1390. The zero-order chi connectivity index (χ0) is 23.4. The van der Waals surface area contributed by atoms with Crippen molar-refractivity contribution in [1.29, 1.82) is 0 Å². The van der Waals surface area contributed by atoms with E-state index in [1.807, 2.05) is 56.3 Å². The molecule has 0 amide bonds. The smallest absolute Gasteiger partial charge is 0.265 e. The molecule has 33 heavy (non-hydrogen) atoms. The van der Waals surface area contributed by atoms with Crippen LogP contribution in [0.15, 0.2) is 83.8 Å². The van der Waals surface area contributed by atoms with Crippen LogP contribution in [0.2, 0.25) is 0 Å². The lowest BCUT2D eigenvalue weighted by Gasteiger charge is -2.14. The number of rotatable bonds is 7. The van der Waals surface area contributed by atoms with E-state index in [9.17, 15) is 8.42 Å². The van der Waals surface area contributed by atoms with Crippen molar-refractivity contribution in [2.45, 2.75) is 18.7 Å². The van der Waals surface area contributed by atoms with Crippen molar-refractivity contribution in [3.8, 4) is 17.0 Å². The molecule has 7 nitrogen and oxygen atoms in total. The zero-order valence-corrected chi connectivity index (χ0v) is 19.3. The molecule has 0 unspecified atom stereocenters. The molecule has 2 N–H and O–H groups in total. The molecular weight excluding hydrogens is 436 g/mol. The van der Waals surface area contributed by atoms with Gasteiger partial charge < -0.3 is 10.1 Å². The predicted molar refractivity (Wildman–Crippen MR) is 130 cm³/mol. The Labute approximate surface area is 193 Å². The first-order valence-corrected chi connectivity index (χ1v) is 11.8. The van der Waals surface area contributed by atoms with Crippen LogP contribution >= 0.6 is 0 Å². The number of sulfonamides is 1. The number of nitrogens with one attached hydrogen (secondary N) is 2. The van der Waals surface area contributed by atoms with Gasteiger partial charge in [-0.25, -0.2) is 18.4 Å². The van der Waals surface area contributed by atoms with Gasteiger partial charge in [0.15, 0.2) is 0 Å². The topological polar surface area (TPSA) is 93.2 Å². The van der Waals surface area contributed by atoms with Gasteiger partial charge in [-0.1, -0.05) is 42.5 Å². The SMILES string of the molecule is COc1ccc(C)cc1S(=O)(=O)Nc1cccc(Nc2cc(-c3ccccc3)nc(C)n2)c1. The third-order valence-corrected chi connectivity index (χ3v) is 6.31. The van der Waals surface area contributed by atoms with Gasteiger partial charge in [0, 0.05) is 17.3 Å². The Morgan fingerprint density at radius 3 is 2.33 bits per heavy atom. The summed E-state index contributed by atoms with van der Waals surface area (Å²) in [5.74, 6) is 1.52. The van der Waals surface area contributed by atoms with Gasteiger partial charge >= 0.3 is 0 Å². The molecule has 0 saturated heterocycles. The highest BCUT2D eigenvalue weighted by atomic mass is 32.2. The van der Waals surface area contributed by atoms with Crippen LogP contribution < -0.4 is 14.8 Å². The number of benzene rings is 3. The van der Waals surface area contributed by atoms with Crippen molar-refractivity contribution in [1.82, 2.24) is 9.97 Å². The fourth-order valence-corrected chi connectivity index (χ4v) is 4.71.